The van der Waals surface area contributed by atoms with E-state index in [4.69, 9.17) is 0 Å². The minimum absolute atomic E-state index is 0.0877. The fraction of sp³-hybridized carbons (Fsp3) is 0.789. The van der Waals surface area contributed by atoms with Gasteiger partial charge in [-0.3, -0.25) is 9.48 Å². The zero-order chi connectivity index (χ0) is 17.8. The molecule has 2 fully saturated rings. The lowest BCUT2D eigenvalue weighted by atomic mass is 9.85. The Morgan fingerprint density at radius 2 is 1.84 bits per heavy atom. The molecule has 1 saturated heterocycles. The number of piperidine rings is 1. The molecule has 0 bridgehead atoms. The highest BCUT2D eigenvalue weighted by Crippen LogP contribution is 2.32. The van der Waals surface area contributed by atoms with Gasteiger partial charge >= 0.3 is 0 Å². The number of rotatable bonds is 5. The maximum absolute atomic E-state index is 13.3. The van der Waals surface area contributed by atoms with Crippen molar-refractivity contribution in [3.05, 3.63) is 18.5 Å². The van der Waals surface area contributed by atoms with Crippen LogP contribution in [0.5, 0.6) is 0 Å². The molecule has 1 aromatic heterocycles. The van der Waals surface area contributed by atoms with Crippen LogP contribution in [0.4, 0.5) is 0 Å². The van der Waals surface area contributed by atoms with E-state index in [-0.39, 0.29) is 11.4 Å². The van der Waals surface area contributed by atoms with Crippen LogP contribution in [-0.4, -0.2) is 59.9 Å². The van der Waals surface area contributed by atoms with Gasteiger partial charge in [-0.05, 0) is 58.9 Å². The first-order chi connectivity index (χ1) is 12.1. The number of amides is 1. The zero-order valence-electron chi connectivity index (χ0n) is 15.8. The number of likely N-dealkylation sites (N-methyl/N-ethyl adjacent to an activating group) is 1. The highest BCUT2D eigenvalue weighted by Gasteiger charge is 2.43. The number of nitrogens with one attached hydrogen (secondary N) is 2. The van der Waals surface area contributed by atoms with Crippen molar-refractivity contribution in [3.63, 3.8) is 0 Å². The molecule has 2 N–H and O–H groups in total. The van der Waals surface area contributed by atoms with Crippen LogP contribution < -0.4 is 10.6 Å². The third-order valence-corrected chi connectivity index (χ3v) is 6.36. The first kappa shape index (κ1) is 18.4. The summed E-state index contributed by atoms with van der Waals surface area (Å²) in [4.78, 5) is 15.6. The van der Waals surface area contributed by atoms with Crippen molar-refractivity contribution in [1.29, 1.82) is 0 Å². The Balaban J connectivity index is 1.74. The molecule has 1 amide bonds. The molecule has 3 rings (SSSR count). The topological polar surface area (TPSA) is 62.2 Å². The van der Waals surface area contributed by atoms with Crippen LogP contribution in [0.2, 0.25) is 0 Å². The molecule has 140 valence electrons. The van der Waals surface area contributed by atoms with Crippen molar-refractivity contribution < 1.29 is 4.79 Å². The number of carbonyl (C=O) groups is 1. The van der Waals surface area contributed by atoms with Gasteiger partial charge in [0.25, 0.3) is 0 Å². The van der Waals surface area contributed by atoms with Crippen molar-refractivity contribution >= 4 is 5.91 Å². The third kappa shape index (κ3) is 3.75. The number of aromatic nitrogens is 2. The van der Waals surface area contributed by atoms with E-state index in [0.29, 0.717) is 0 Å². The predicted molar refractivity (Wildman–Crippen MR) is 99.4 cm³/mol. The van der Waals surface area contributed by atoms with Crippen LogP contribution in [0.3, 0.4) is 0 Å². The highest BCUT2D eigenvalue weighted by atomic mass is 16.2. The van der Waals surface area contributed by atoms with E-state index in [1.807, 2.05) is 16.9 Å². The smallest absolute Gasteiger partial charge is 0.248 e. The van der Waals surface area contributed by atoms with E-state index in [1.54, 1.807) is 6.20 Å². The summed E-state index contributed by atoms with van der Waals surface area (Å²) in [6.45, 7) is 2.44. The Hall–Kier alpha value is -1.40. The van der Waals surface area contributed by atoms with Crippen molar-refractivity contribution in [1.82, 2.24) is 25.3 Å². The minimum Gasteiger partial charge on any atom is -0.352 e. The number of hydrogen-bond acceptors (Lipinski definition) is 4. The largest absolute Gasteiger partial charge is 0.352 e. The van der Waals surface area contributed by atoms with E-state index in [0.717, 1.165) is 45.3 Å². The van der Waals surface area contributed by atoms with Crippen molar-refractivity contribution in [2.24, 2.45) is 0 Å². The van der Waals surface area contributed by atoms with E-state index in [9.17, 15) is 4.79 Å². The van der Waals surface area contributed by atoms with Crippen LogP contribution >= 0.6 is 0 Å². The van der Waals surface area contributed by atoms with Gasteiger partial charge in [-0.1, -0.05) is 25.7 Å². The van der Waals surface area contributed by atoms with Gasteiger partial charge in [0, 0.05) is 24.5 Å². The van der Waals surface area contributed by atoms with Crippen molar-refractivity contribution in [2.75, 3.05) is 33.7 Å². The first-order valence-corrected chi connectivity index (χ1v) is 9.76. The average molecular weight is 348 g/mol. The summed E-state index contributed by atoms with van der Waals surface area (Å²) < 4.78 is 1.87. The summed E-state index contributed by atoms with van der Waals surface area (Å²) in [5.74, 6) is 0.128. The number of nitrogens with zero attached hydrogens (tertiary/aromatic N) is 3. The van der Waals surface area contributed by atoms with E-state index in [1.165, 1.54) is 25.7 Å². The minimum atomic E-state index is -0.549. The van der Waals surface area contributed by atoms with Gasteiger partial charge in [0.2, 0.25) is 5.91 Å². The zero-order valence-corrected chi connectivity index (χ0v) is 15.8. The molecule has 0 radical (unpaired) electrons. The van der Waals surface area contributed by atoms with E-state index < -0.39 is 5.54 Å². The fourth-order valence-electron chi connectivity index (χ4n) is 4.50. The molecule has 0 unspecified atom stereocenters. The quantitative estimate of drug-likeness (QED) is 0.797. The number of hydrogen-bond donors (Lipinski definition) is 2. The lowest BCUT2D eigenvalue weighted by Gasteiger charge is -2.42. The molecule has 6 nitrogen and oxygen atoms in total. The Kier molecular flexibility index (Phi) is 5.79. The Bertz CT molecular complexity index is 540. The molecular weight excluding hydrogens is 314 g/mol. The van der Waals surface area contributed by atoms with Gasteiger partial charge in [0.1, 0.15) is 5.54 Å². The van der Waals surface area contributed by atoms with Gasteiger partial charge in [0.15, 0.2) is 0 Å². The molecule has 1 aliphatic carbocycles. The van der Waals surface area contributed by atoms with Gasteiger partial charge in [-0.25, -0.2) is 0 Å². The fourth-order valence-corrected chi connectivity index (χ4v) is 4.50. The third-order valence-electron chi connectivity index (χ3n) is 6.36. The second-order valence-electron chi connectivity index (χ2n) is 7.95. The van der Waals surface area contributed by atoms with Crippen LogP contribution in [0.15, 0.2) is 18.5 Å². The maximum atomic E-state index is 13.3. The molecule has 1 saturated carbocycles. The lowest BCUT2D eigenvalue weighted by molar-refractivity contribution is -0.132. The summed E-state index contributed by atoms with van der Waals surface area (Å²) in [6, 6.07) is 1.91. The first-order valence-electron chi connectivity index (χ1n) is 9.76. The highest BCUT2D eigenvalue weighted by molar-refractivity contribution is 5.84. The average Bonchev–Trinajstić information content (AvgIpc) is 3.06. The van der Waals surface area contributed by atoms with Crippen LogP contribution in [-0.2, 0) is 10.3 Å². The molecule has 1 aliphatic heterocycles. The SMILES string of the molecule is CN(C)C1(CNC(=O)C2(n3cccn3)CCNCC2)CCCCCC1. The van der Waals surface area contributed by atoms with Gasteiger partial charge in [-0.15, -0.1) is 0 Å². The van der Waals surface area contributed by atoms with Crippen molar-refractivity contribution in [2.45, 2.75) is 62.4 Å². The number of carbonyl (C=O) groups excluding carboxylic acids is 1. The monoisotopic (exact) mass is 347 g/mol. The standard InChI is InChI=1S/C19H33N5O/c1-23(2)18(8-5-3-4-6-9-18)16-21-17(25)19(10-13-20-14-11-19)24-15-7-12-22-24/h7,12,15,20H,3-6,8-11,13-14,16H2,1-2H3,(H,21,25). The van der Waals surface area contributed by atoms with E-state index in [2.05, 4.69) is 34.7 Å². The summed E-state index contributed by atoms with van der Waals surface area (Å²) in [5, 5.41) is 11.1. The molecule has 0 atom stereocenters. The summed E-state index contributed by atoms with van der Waals surface area (Å²) in [5.41, 5.74) is -0.461. The van der Waals surface area contributed by atoms with Gasteiger partial charge in [0.05, 0.1) is 0 Å². The molecule has 0 aromatic carbocycles. The summed E-state index contributed by atoms with van der Waals surface area (Å²) >= 11 is 0. The molecular formula is C19H33N5O. The molecule has 25 heavy (non-hydrogen) atoms. The molecule has 2 aliphatic rings. The van der Waals surface area contributed by atoms with E-state index >= 15 is 0 Å². The Morgan fingerprint density at radius 1 is 1.16 bits per heavy atom. The molecule has 0 spiro atoms. The van der Waals surface area contributed by atoms with Crippen molar-refractivity contribution in [3.8, 4) is 0 Å². The second kappa shape index (κ2) is 7.87. The van der Waals surface area contributed by atoms with Crippen LogP contribution in [0, 0.1) is 0 Å². The molecule has 2 heterocycles. The second-order valence-corrected chi connectivity index (χ2v) is 7.95. The Morgan fingerprint density at radius 3 is 2.40 bits per heavy atom. The summed E-state index contributed by atoms with van der Waals surface area (Å²) in [7, 11) is 4.32. The predicted octanol–water partition coefficient (Wildman–Crippen LogP) is 1.73. The normalized spacial score (nSPS) is 23.2. The lowest BCUT2D eigenvalue weighted by Crippen LogP contribution is -2.59. The Labute approximate surface area is 151 Å². The van der Waals surface area contributed by atoms with Crippen LogP contribution in [0.25, 0.3) is 0 Å². The van der Waals surface area contributed by atoms with Gasteiger partial charge < -0.3 is 15.5 Å². The van der Waals surface area contributed by atoms with Crippen LogP contribution in [0.1, 0.15) is 51.4 Å². The molecule has 6 heteroatoms. The molecule has 1 aromatic rings. The van der Waals surface area contributed by atoms with Gasteiger partial charge in [-0.2, -0.15) is 5.10 Å². The maximum Gasteiger partial charge on any atom is 0.248 e. The summed E-state index contributed by atoms with van der Waals surface area (Å²) in [6.07, 6.45) is 12.7.